The molecule has 128 valence electrons. The van der Waals surface area contributed by atoms with E-state index in [4.69, 9.17) is 0 Å². The molecule has 1 unspecified atom stereocenters. The van der Waals surface area contributed by atoms with Crippen LogP contribution in [-0.4, -0.2) is 47.7 Å². The molecule has 1 atom stereocenters. The number of hydrogen-bond donors (Lipinski definition) is 1. The molecule has 0 spiro atoms. The number of halogens is 1. The van der Waals surface area contributed by atoms with Crippen LogP contribution in [0.25, 0.3) is 0 Å². The fourth-order valence-corrected chi connectivity index (χ4v) is 3.27. The van der Waals surface area contributed by atoms with E-state index >= 15 is 0 Å². The lowest BCUT2D eigenvalue weighted by molar-refractivity contribution is -0.387. The smallest absolute Gasteiger partial charge is 0.283 e. The van der Waals surface area contributed by atoms with Gasteiger partial charge in [0, 0.05) is 30.8 Å². The van der Waals surface area contributed by atoms with Gasteiger partial charge in [-0.25, -0.2) is 0 Å². The maximum absolute atomic E-state index is 12.8. The maximum atomic E-state index is 12.8. The Morgan fingerprint density at radius 3 is 2.78 bits per heavy atom. The zero-order valence-corrected chi connectivity index (χ0v) is 14.9. The first kappa shape index (κ1) is 19.7. The van der Waals surface area contributed by atoms with E-state index in [0.29, 0.717) is 17.0 Å². The summed E-state index contributed by atoms with van der Waals surface area (Å²) in [5.74, 6) is -0.119. The molecule has 0 saturated carbocycles. The number of carbonyl (C=O) groups is 1. The van der Waals surface area contributed by atoms with E-state index in [-0.39, 0.29) is 30.0 Å². The maximum Gasteiger partial charge on any atom is 0.283 e. The first-order chi connectivity index (χ1) is 10.6. The van der Waals surface area contributed by atoms with Gasteiger partial charge in [-0.15, -0.1) is 24.2 Å². The molecular weight excluding hydrogens is 338 g/mol. The Bertz CT molecular complexity index is 565. The number of carbonyl (C=O) groups excluding carboxylic acids is 1. The minimum Gasteiger partial charge on any atom is -0.334 e. The number of amides is 1. The van der Waals surface area contributed by atoms with E-state index in [1.807, 2.05) is 11.8 Å². The number of thioether (sulfide) groups is 1. The molecule has 1 fully saturated rings. The molecule has 8 heteroatoms. The summed E-state index contributed by atoms with van der Waals surface area (Å²) in [6, 6.07) is 4.92. The standard InChI is InChI=1S/C15H21N3O3S.ClH/c1-3-8-17(12-6-7-16-10-12)15(19)11-4-5-14(22-2)13(9-11)18(20)21;/h4-5,9,12,16H,3,6-8,10H2,1-2H3;1H. The molecule has 2 rings (SSSR count). The summed E-state index contributed by atoms with van der Waals surface area (Å²) in [6.45, 7) is 4.39. The monoisotopic (exact) mass is 359 g/mol. The summed E-state index contributed by atoms with van der Waals surface area (Å²) < 4.78 is 0. The number of hydrogen-bond acceptors (Lipinski definition) is 5. The summed E-state index contributed by atoms with van der Waals surface area (Å²) in [4.78, 5) is 25.9. The lowest BCUT2D eigenvalue weighted by atomic mass is 10.1. The number of nitrogens with one attached hydrogen (secondary N) is 1. The van der Waals surface area contributed by atoms with Gasteiger partial charge in [0.05, 0.1) is 9.82 Å². The molecular formula is C15H22ClN3O3S. The predicted molar refractivity (Wildman–Crippen MR) is 94.7 cm³/mol. The summed E-state index contributed by atoms with van der Waals surface area (Å²) in [5, 5.41) is 14.4. The summed E-state index contributed by atoms with van der Waals surface area (Å²) >= 11 is 1.31. The molecule has 0 bridgehead atoms. The number of nitro benzene ring substituents is 1. The molecule has 1 saturated heterocycles. The highest BCUT2D eigenvalue weighted by molar-refractivity contribution is 7.98. The van der Waals surface area contributed by atoms with Gasteiger partial charge in [0.15, 0.2) is 0 Å². The number of benzene rings is 1. The molecule has 1 aromatic carbocycles. The lowest BCUT2D eigenvalue weighted by Gasteiger charge is -2.28. The highest BCUT2D eigenvalue weighted by atomic mass is 35.5. The van der Waals surface area contributed by atoms with Crippen LogP contribution in [0.4, 0.5) is 5.69 Å². The molecule has 0 aliphatic carbocycles. The summed E-state index contributed by atoms with van der Waals surface area (Å²) in [5.41, 5.74) is 0.393. The normalized spacial score (nSPS) is 16.7. The van der Waals surface area contributed by atoms with Gasteiger partial charge in [0.2, 0.25) is 0 Å². The average molecular weight is 360 g/mol. The van der Waals surface area contributed by atoms with Gasteiger partial charge in [-0.3, -0.25) is 14.9 Å². The van der Waals surface area contributed by atoms with Gasteiger partial charge >= 0.3 is 0 Å². The highest BCUT2D eigenvalue weighted by Crippen LogP contribution is 2.29. The Balaban J connectivity index is 0.00000264. The van der Waals surface area contributed by atoms with E-state index in [2.05, 4.69) is 5.32 Å². The second kappa shape index (κ2) is 9.10. The van der Waals surface area contributed by atoms with Crippen LogP contribution in [0.2, 0.25) is 0 Å². The molecule has 23 heavy (non-hydrogen) atoms. The molecule has 1 aromatic rings. The number of nitrogens with zero attached hydrogens (tertiary/aromatic N) is 2. The van der Waals surface area contributed by atoms with Crippen molar-refractivity contribution in [3.05, 3.63) is 33.9 Å². The Morgan fingerprint density at radius 2 is 2.26 bits per heavy atom. The van der Waals surface area contributed by atoms with E-state index in [1.54, 1.807) is 18.4 Å². The third-order valence-electron chi connectivity index (χ3n) is 3.82. The van der Waals surface area contributed by atoms with Gasteiger partial charge < -0.3 is 10.2 Å². The van der Waals surface area contributed by atoms with Crippen LogP contribution in [0.1, 0.15) is 30.1 Å². The van der Waals surface area contributed by atoms with Gasteiger partial charge in [0.25, 0.3) is 11.6 Å². The first-order valence-electron chi connectivity index (χ1n) is 7.42. The van der Waals surface area contributed by atoms with Crippen LogP contribution in [0, 0.1) is 10.1 Å². The van der Waals surface area contributed by atoms with Crippen molar-refractivity contribution in [3.8, 4) is 0 Å². The van der Waals surface area contributed by atoms with Crippen molar-refractivity contribution in [2.24, 2.45) is 0 Å². The zero-order valence-electron chi connectivity index (χ0n) is 13.3. The summed E-state index contributed by atoms with van der Waals surface area (Å²) in [7, 11) is 0. The topological polar surface area (TPSA) is 75.5 Å². The highest BCUT2D eigenvalue weighted by Gasteiger charge is 2.28. The van der Waals surface area contributed by atoms with E-state index in [1.165, 1.54) is 17.8 Å². The fourth-order valence-electron chi connectivity index (χ4n) is 2.73. The molecule has 0 radical (unpaired) electrons. The molecule has 1 aliphatic heterocycles. The third-order valence-corrected chi connectivity index (χ3v) is 4.61. The van der Waals surface area contributed by atoms with Crippen molar-refractivity contribution in [3.63, 3.8) is 0 Å². The zero-order chi connectivity index (χ0) is 16.1. The van der Waals surface area contributed by atoms with Crippen LogP contribution >= 0.6 is 24.2 Å². The second-order valence-electron chi connectivity index (χ2n) is 5.29. The SMILES string of the molecule is CCCN(C(=O)c1ccc(SC)c([N+](=O)[O-])c1)C1CCNC1.Cl. The van der Waals surface area contributed by atoms with Crippen LogP contribution < -0.4 is 5.32 Å². The van der Waals surface area contributed by atoms with E-state index in [9.17, 15) is 14.9 Å². The fraction of sp³-hybridized carbons (Fsp3) is 0.533. The van der Waals surface area contributed by atoms with Crippen molar-refractivity contribution in [1.29, 1.82) is 0 Å². The van der Waals surface area contributed by atoms with Gasteiger partial charge in [-0.05, 0) is 37.8 Å². The van der Waals surface area contributed by atoms with Gasteiger partial charge in [0.1, 0.15) is 0 Å². The molecule has 1 heterocycles. The Hall–Kier alpha value is -1.31. The Labute approximate surface area is 146 Å². The summed E-state index contributed by atoms with van der Waals surface area (Å²) in [6.07, 6.45) is 3.58. The van der Waals surface area contributed by atoms with E-state index < -0.39 is 4.92 Å². The lowest BCUT2D eigenvalue weighted by Crippen LogP contribution is -2.42. The van der Waals surface area contributed by atoms with Crippen LogP contribution in [0.15, 0.2) is 23.1 Å². The third kappa shape index (κ3) is 4.59. The molecule has 1 aliphatic rings. The Kier molecular flexibility index (Phi) is 7.81. The quantitative estimate of drug-likeness (QED) is 0.480. The minimum atomic E-state index is -0.427. The van der Waals surface area contributed by atoms with Crippen LogP contribution in [-0.2, 0) is 0 Å². The molecule has 6 nitrogen and oxygen atoms in total. The van der Waals surface area contributed by atoms with Crippen molar-refractivity contribution < 1.29 is 9.72 Å². The van der Waals surface area contributed by atoms with Gasteiger partial charge in [-0.1, -0.05) is 6.92 Å². The molecule has 0 aromatic heterocycles. The van der Waals surface area contributed by atoms with Crippen molar-refractivity contribution in [2.45, 2.75) is 30.7 Å². The first-order valence-corrected chi connectivity index (χ1v) is 8.65. The minimum absolute atomic E-state index is 0. The van der Waals surface area contributed by atoms with E-state index in [0.717, 1.165) is 25.9 Å². The van der Waals surface area contributed by atoms with Crippen molar-refractivity contribution in [2.75, 3.05) is 25.9 Å². The van der Waals surface area contributed by atoms with Crippen LogP contribution in [0.3, 0.4) is 0 Å². The average Bonchev–Trinajstić information content (AvgIpc) is 3.05. The largest absolute Gasteiger partial charge is 0.334 e. The van der Waals surface area contributed by atoms with Crippen molar-refractivity contribution in [1.82, 2.24) is 10.2 Å². The van der Waals surface area contributed by atoms with Crippen molar-refractivity contribution >= 4 is 35.8 Å². The predicted octanol–water partition coefficient (Wildman–Crippen LogP) is 2.95. The van der Waals surface area contributed by atoms with Gasteiger partial charge in [-0.2, -0.15) is 0 Å². The number of rotatable bonds is 6. The number of nitro groups is 1. The Morgan fingerprint density at radius 1 is 1.52 bits per heavy atom. The second-order valence-corrected chi connectivity index (χ2v) is 6.14. The molecule has 1 amide bonds. The molecule has 1 N–H and O–H groups in total. The van der Waals surface area contributed by atoms with Crippen LogP contribution in [0.5, 0.6) is 0 Å².